The van der Waals surface area contributed by atoms with E-state index in [1.54, 1.807) is 11.3 Å². The first-order valence-corrected chi connectivity index (χ1v) is 7.04. The van der Waals surface area contributed by atoms with Crippen molar-refractivity contribution in [2.75, 3.05) is 13.1 Å². The smallest absolute Gasteiger partial charge is 0.0519 e. The summed E-state index contributed by atoms with van der Waals surface area (Å²) >= 11 is 7.61. The van der Waals surface area contributed by atoms with E-state index in [1.165, 1.54) is 16.9 Å². The number of hydrogen-bond acceptors (Lipinski definition) is 2. The van der Waals surface area contributed by atoms with E-state index in [-0.39, 0.29) is 0 Å². The van der Waals surface area contributed by atoms with E-state index in [1.807, 2.05) is 11.4 Å². The summed E-state index contributed by atoms with van der Waals surface area (Å²) in [6, 6.07) is 2.02. The van der Waals surface area contributed by atoms with Crippen molar-refractivity contribution in [3.63, 3.8) is 0 Å². The Kier molecular flexibility index (Phi) is 6.10. The van der Waals surface area contributed by atoms with Gasteiger partial charge in [0.1, 0.15) is 0 Å². The molecule has 3 heteroatoms. The van der Waals surface area contributed by atoms with E-state index in [4.69, 9.17) is 11.6 Å². The van der Waals surface area contributed by atoms with Gasteiger partial charge in [-0.05, 0) is 31.0 Å². The molecular weight excluding hydrogens is 238 g/mol. The van der Waals surface area contributed by atoms with E-state index < -0.39 is 0 Å². The van der Waals surface area contributed by atoms with Gasteiger partial charge < -0.3 is 5.32 Å². The van der Waals surface area contributed by atoms with E-state index in [2.05, 4.69) is 32.2 Å². The maximum Gasteiger partial charge on any atom is 0.0519 e. The maximum absolute atomic E-state index is 5.92. The fourth-order valence-electron chi connectivity index (χ4n) is 1.42. The fraction of sp³-hybridized carbons (Fsp3) is 0.538. The molecule has 0 saturated carbocycles. The first-order valence-electron chi connectivity index (χ1n) is 5.78. The monoisotopic (exact) mass is 257 g/mol. The Bertz CT molecular complexity index is 341. The maximum atomic E-state index is 5.92. The number of rotatable bonds is 6. The van der Waals surface area contributed by atoms with Gasteiger partial charge in [-0.15, -0.1) is 11.3 Å². The highest BCUT2D eigenvalue weighted by molar-refractivity contribution is 7.11. The minimum Gasteiger partial charge on any atom is -0.313 e. The second kappa shape index (κ2) is 7.10. The lowest BCUT2D eigenvalue weighted by atomic mass is 10.0. The van der Waals surface area contributed by atoms with Crippen LogP contribution < -0.4 is 5.32 Å². The summed E-state index contributed by atoms with van der Waals surface area (Å²) in [5.74, 6) is 0.574. The van der Waals surface area contributed by atoms with Crippen LogP contribution in [0.3, 0.4) is 0 Å². The van der Waals surface area contributed by atoms with Crippen LogP contribution in [0.1, 0.15) is 32.1 Å². The predicted molar refractivity (Wildman–Crippen MR) is 75.3 cm³/mol. The summed E-state index contributed by atoms with van der Waals surface area (Å²) in [7, 11) is 0. The van der Waals surface area contributed by atoms with Crippen molar-refractivity contribution >= 4 is 29.0 Å². The van der Waals surface area contributed by atoms with Crippen LogP contribution in [-0.2, 0) is 0 Å². The molecule has 1 aromatic heterocycles. The van der Waals surface area contributed by atoms with E-state index >= 15 is 0 Å². The van der Waals surface area contributed by atoms with Gasteiger partial charge in [-0.1, -0.05) is 37.9 Å². The van der Waals surface area contributed by atoms with E-state index in [0.717, 1.165) is 18.1 Å². The highest BCUT2D eigenvalue weighted by atomic mass is 35.5. The van der Waals surface area contributed by atoms with Crippen molar-refractivity contribution in [2.45, 2.75) is 27.2 Å². The standard InChI is InChI=1S/C13H20ClNS/c1-4-5-15-8-11(10(2)3)6-13-7-12(14)9-16-13/h6-7,9-10,15H,4-5,8H2,1-3H3. The Morgan fingerprint density at radius 3 is 2.81 bits per heavy atom. The molecule has 0 aromatic carbocycles. The Hall–Kier alpha value is -0.310. The minimum absolute atomic E-state index is 0.574. The van der Waals surface area contributed by atoms with Crippen LogP contribution in [0.15, 0.2) is 17.0 Å². The third kappa shape index (κ3) is 4.69. The van der Waals surface area contributed by atoms with Crippen LogP contribution in [0, 0.1) is 5.92 Å². The van der Waals surface area contributed by atoms with Crippen molar-refractivity contribution in [3.8, 4) is 0 Å². The summed E-state index contributed by atoms with van der Waals surface area (Å²) in [6.07, 6.45) is 3.43. The van der Waals surface area contributed by atoms with Crippen LogP contribution in [0.5, 0.6) is 0 Å². The summed E-state index contributed by atoms with van der Waals surface area (Å²) in [4.78, 5) is 1.24. The van der Waals surface area contributed by atoms with Crippen LogP contribution >= 0.6 is 22.9 Å². The molecule has 0 fully saturated rings. The molecule has 0 amide bonds. The zero-order valence-corrected chi connectivity index (χ0v) is 11.8. The van der Waals surface area contributed by atoms with Gasteiger partial charge >= 0.3 is 0 Å². The lowest BCUT2D eigenvalue weighted by molar-refractivity contribution is 0.657. The van der Waals surface area contributed by atoms with Gasteiger partial charge in [0.2, 0.25) is 0 Å². The van der Waals surface area contributed by atoms with Crippen LogP contribution in [0.2, 0.25) is 5.02 Å². The minimum atomic E-state index is 0.574. The largest absolute Gasteiger partial charge is 0.313 e. The topological polar surface area (TPSA) is 12.0 Å². The number of hydrogen-bond donors (Lipinski definition) is 1. The molecule has 0 atom stereocenters. The third-order valence-corrected chi connectivity index (χ3v) is 3.64. The normalized spacial score (nSPS) is 12.4. The van der Waals surface area contributed by atoms with Crippen molar-refractivity contribution in [3.05, 3.63) is 26.9 Å². The van der Waals surface area contributed by atoms with Gasteiger partial charge in [0.15, 0.2) is 0 Å². The Labute approximate surface area is 108 Å². The predicted octanol–water partition coefficient (Wildman–Crippen LogP) is 4.44. The average Bonchev–Trinajstić information content (AvgIpc) is 2.63. The number of nitrogens with one attached hydrogen (secondary N) is 1. The van der Waals surface area contributed by atoms with Crippen molar-refractivity contribution in [2.24, 2.45) is 5.92 Å². The molecule has 0 aliphatic carbocycles. The van der Waals surface area contributed by atoms with Gasteiger partial charge in [-0.3, -0.25) is 0 Å². The molecule has 0 aliphatic rings. The molecule has 0 saturated heterocycles. The summed E-state index contributed by atoms with van der Waals surface area (Å²) in [5, 5.41) is 6.26. The van der Waals surface area contributed by atoms with E-state index in [9.17, 15) is 0 Å². The molecule has 1 heterocycles. The lowest BCUT2D eigenvalue weighted by Crippen LogP contribution is -2.19. The van der Waals surface area contributed by atoms with Crippen molar-refractivity contribution in [1.82, 2.24) is 5.32 Å². The summed E-state index contributed by atoms with van der Waals surface area (Å²) in [5.41, 5.74) is 1.44. The number of thiophene rings is 1. The molecule has 90 valence electrons. The van der Waals surface area contributed by atoms with Crippen LogP contribution in [0.4, 0.5) is 0 Å². The first-order chi connectivity index (χ1) is 7.63. The van der Waals surface area contributed by atoms with Gasteiger partial charge in [-0.2, -0.15) is 0 Å². The Morgan fingerprint density at radius 1 is 1.56 bits per heavy atom. The van der Waals surface area contributed by atoms with Crippen LogP contribution in [0.25, 0.3) is 6.08 Å². The molecule has 1 aromatic rings. The zero-order chi connectivity index (χ0) is 12.0. The van der Waals surface area contributed by atoms with Gasteiger partial charge in [-0.25, -0.2) is 0 Å². The molecule has 0 bridgehead atoms. The molecule has 1 nitrogen and oxygen atoms in total. The van der Waals surface area contributed by atoms with Gasteiger partial charge in [0, 0.05) is 16.8 Å². The molecule has 0 radical (unpaired) electrons. The van der Waals surface area contributed by atoms with Crippen molar-refractivity contribution < 1.29 is 0 Å². The van der Waals surface area contributed by atoms with Crippen LogP contribution in [-0.4, -0.2) is 13.1 Å². The molecule has 0 unspecified atom stereocenters. The summed E-state index contributed by atoms with van der Waals surface area (Å²) in [6.45, 7) is 8.70. The lowest BCUT2D eigenvalue weighted by Gasteiger charge is -2.12. The third-order valence-electron chi connectivity index (χ3n) is 2.41. The molecule has 1 rings (SSSR count). The Morgan fingerprint density at radius 2 is 2.31 bits per heavy atom. The quantitative estimate of drug-likeness (QED) is 0.743. The van der Waals surface area contributed by atoms with Crippen molar-refractivity contribution in [1.29, 1.82) is 0 Å². The average molecular weight is 258 g/mol. The molecular formula is C13H20ClNS. The molecule has 0 spiro atoms. The van der Waals surface area contributed by atoms with E-state index in [0.29, 0.717) is 5.92 Å². The highest BCUT2D eigenvalue weighted by Gasteiger charge is 2.04. The fourth-order valence-corrected chi connectivity index (χ4v) is 2.47. The second-order valence-corrected chi connectivity index (χ2v) is 5.60. The second-order valence-electron chi connectivity index (χ2n) is 4.22. The molecule has 16 heavy (non-hydrogen) atoms. The highest BCUT2D eigenvalue weighted by Crippen LogP contribution is 2.23. The summed E-state index contributed by atoms with van der Waals surface area (Å²) < 4.78 is 0. The van der Waals surface area contributed by atoms with Gasteiger partial charge in [0.25, 0.3) is 0 Å². The number of halogens is 1. The first kappa shape index (κ1) is 13.8. The molecule has 0 aliphatic heterocycles. The SMILES string of the molecule is CCCNCC(=Cc1cc(Cl)cs1)C(C)C. The molecule has 1 N–H and O–H groups in total. The van der Waals surface area contributed by atoms with Gasteiger partial charge in [0.05, 0.1) is 5.02 Å². The zero-order valence-electron chi connectivity index (χ0n) is 10.2. The Balaban J connectivity index is 2.65.